The maximum Gasteiger partial charge on any atom is 0.171 e. The number of anilines is 1. The Morgan fingerprint density at radius 3 is 2.41 bits per heavy atom. The van der Waals surface area contributed by atoms with Crippen molar-refractivity contribution in [2.75, 3.05) is 5.32 Å². The van der Waals surface area contributed by atoms with E-state index in [0.29, 0.717) is 5.11 Å². The monoisotopic (exact) mass is 320 g/mol. The highest BCUT2D eigenvalue weighted by atomic mass is 32.1. The van der Waals surface area contributed by atoms with Crippen molar-refractivity contribution in [2.24, 2.45) is 0 Å². The zero-order valence-electron chi connectivity index (χ0n) is 12.5. The molecule has 116 valence electrons. The second-order valence-electron chi connectivity index (χ2n) is 5.09. The van der Waals surface area contributed by atoms with E-state index < -0.39 is 11.6 Å². The number of thiocarbonyl (C=S) groups is 1. The summed E-state index contributed by atoms with van der Waals surface area (Å²) in [6, 6.07) is 11.5. The van der Waals surface area contributed by atoms with Crippen LogP contribution in [0.2, 0.25) is 0 Å². The number of hydrogen-bond acceptors (Lipinski definition) is 1. The van der Waals surface area contributed by atoms with Gasteiger partial charge in [-0.3, -0.25) is 0 Å². The van der Waals surface area contributed by atoms with Gasteiger partial charge in [-0.1, -0.05) is 36.8 Å². The fourth-order valence-corrected chi connectivity index (χ4v) is 2.38. The minimum atomic E-state index is -0.674. The normalized spacial score (nSPS) is 11.8. The smallest absolute Gasteiger partial charge is 0.171 e. The lowest BCUT2D eigenvalue weighted by atomic mass is 10.0. The first-order valence-electron chi connectivity index (χ1n) is 7.08. The number of nitrogens with one attached hydrogen (secondary N) is 2. The largest absolute Gasteiger partial charge is 0.356 e. The molecule has 0 radical (unpaired) electrons. The molecule has 0 aliphatic carbocycles. The van der Waals surface area contributed by atoms with Crippen molar-refractivity contribution < 1.29 is 8.78 Å². The Labute approximate surface area is 134 Å². The molecule has 0 aromatic heterocycles. The molecule has 0 amide bonds. The molecule has 1 unspecified atom stereocenters. The van der Waals surface area contributed by atoms with E-state index in [0.717, 1.165) is 18.1 Å². The van der Waals surface area contributed by atoms with Crippen LogP contribution >= 0.6 is 12.2 Å². The number of aryl methyl sites for hydroxylation is 1. The molecule has 2 aromatic rings. The van der Waals surface area contributed by atoms with Gasteiger partial charge in [-0.25, -0.2) is 8.78 Å². The highest BCUT2D eigenvalue weighted by Gasteiger charge is 2.12. The van der Waals surface area contributed by atoms with Crippen LogP contribution < -0.4 is 10.6 Å². The van der Waals surface area contributed by atoms with Crippen molar-refractivity contribution in [3.63, 3.8) is 0 Å². The molecule has 0 heterocycles. The molecule has 0 bridgehead atoms. The van der Waals surface area contributed by atoms with E-state index in [2.05, 4.69) is 10.6 Å². The third kappa shape index (κ3) is 4.24. The van der Waals surface area contributed by atoms with E-state index in [1.807, 2.05) is 38.1 Å². The van der Waals surface area contributed by atoms with Crippen molar-refractivity contribution in [1.82, 2.24) is 5.32 Å². The van der Waals surface area contributed by atoms with E-state index in [-0.39, 0.29) is 11.7 Å². The van der Waals surface area contributed by atoms with Gasteiger partial charge in [0.05, 0.1) is 11.7 Å². The van der Waals surface area contributed by atoms with Crippen molar-refractivity contribution in [3.05, 3.63) is 65.2 Å². The molecule has 0 saturated heterocycles. The van der Waals surface area contributed by atoms with Crippen LogP contribution in [-0.4, -0.2) is 5.11 Å². The zero-order valence-corrected chi connectivity index (χ0v) is 13.3. The van der Waals surface area contributed by atoms with Gasteiger partial charge in [0.15, 0.2) is 5.11 Å². The fourth-order valence-electron chi connectivity index (χ4n) is 2.13. The summed E-state index contributed by atoms with van der Waals surface area (Å²) in [5.74, 6) is -1.29. The summed E-state index contributed by atoms with van der Waals surface area (Å²) in [5.41, 5.74) is 2.45. The highest BCUT2D eigenvalue weighted by molar-refractivity contribution is 7.80. The van der Waals surface area contributed by atoms with E-state index >= 15 is 0 Å². The van der Waals surface area contributed by atoms with E-state index in [1.54, 1.807) is 0 Å². The molecule has 1 atom stereocenters. The first-order valence-corrected chi connectivity index (χ1v) is 7.49. The molecule has 0 fully saturated rings. The summed E-state index contributed by atoms with van der Waals surface area (Å²) in [6.07, 6.45) is 0.830. The standard InChI is InChI=1S/C17H18F2N2S/c1-3-15(12-6-4-11(2)5-7-12)20-17(22)21-16-9-8-13(18)10-14(16)19/h4-10,15H,3H2,1-2H3,(H2,20,21,22). The molecular weight excluding hydrogens is 302 g/mol. The van der Waals surface area contributed by atoms with Crippen molar-refractivity contribution in [1.29, 1.82) is 0 Å². The van der Waals surface area contributed by atoms with Crippen LogP contribution in [0.1, 0.15) is 30.5 Å². The van der Waals surface area contributed by atoms with E-state index in [1.165, 1.54) is 17.7 Å². The van der Waals surface area contributed by atoms with Gasteiger partial charge in [0.2, 0.25) is 0 Å². The lowest BCUT2D eigenvalue weighted by Gasteiger charge is -2.20. The van der Waals surface area contributed by atoms with Gasteiger partial charge in [0.25, 0.3) is 0 Å². The third-order valence-electron chi connectivity index (χ3n) is 3.37. The SMILES string of the molecule is CCC(NC(=S)Nc1ccc(F)cc1F)c1ccc(C)cc1. The van der Waals surface area contributed by atoms with Crippen LogP contribution in [0.15, 0.2) is 42.5 Å². The fraction of sp³-hybridized carbons (Fsp3) is 0.235. The Balaban J connectivity index is 2.04. The van der Waals surface area contributed by atoms with Gasteiger partial charge in [0, 0.05) is 6.07 Å². The summed E-state index contributed by atoms with van der Waals surface area (Å²) in [4.78, 5) is 0. The Kier molecular flexibility index (Phi) is 5.44. The van der Waals surface area contributed by atoms with Gasteiger partial charge in [-0.05, 0) is 43.3 Å². The molecule has 2 nitrogen and oxygen atoms in total. The molecule has 2 N–H and O–H groups in total. The summed E-state index contributed by atoms with van der Waals surface area (Å²) < 4.78 is 26.5. The number of halogens is 2. The first kappa shape index (κ1) is 16.4. The summed E-state index contributed by atoms with van der Waals surface area (Å²) in [5, 5.41) is 6.22. The average molecular weight is 320 g/mol. The second kappa shape index (κ2) is 7.31. The van der Waals surface area contributed by atoms with E-state index in [4.69, 9.17) is 12.2 Å². The van der Waals surface area contributed by atoms with Gasteiger partial charge in [-0.2, -0.15) is 0 Å². The molecule has 22 heavy (non-hydrogen) atoms. The Morgan fingerprint density at radius 2 is 1.82 bits per heavy atom. The van der Waals surface area contributed by atoms with Crippen LogP contribution in [0.5, 0.6) is 0 Å². The zero-order chi connectivity index (χ0) is 16.1. The van der Waals surface area contributed by atoms with Crippen LogP contribution in [-0.2, 0) is 0 Å². The molecule has 2 aromatic carbocycles. The minimum absolute atomic E-state index is 0.0316. The molecule has 0 aliphatic rings. The minimum Gasteiger partial charge on any atom is -0.356 e. The van der Waals surface area contributed by atoms with Crippen LogP contribution in [0, 0.1) is 18.6 Å². The lowest BCUT2D eigenvalue weighted by Crippen LogP contribution is -2.32. The van der Waals surface area contributed by atoms with E-state index in [9.17, 15) is 8.78 Å². The average Bonchev–Trinajstić information content (AvgIpc) is 2.49. The van der Waals surface area contributed by atoms with Gasteiger partial charge < -0.3 is 10.6 Å². The second-order valence-corrected chi connectivity index (χ2v) is 5.50. The topological polar surface area (TPSA) is 24.1 Å². The number of benzene rings is 2. The molecule has 5 heteroatoms. The maximum atomic E-state index is 13.6. The number of hydrogen-bond donors (Lipinski definition) is 2. The van der Waals surface area contributed by atoms with Crippen LogP contribution in [0.3, 0.4) is 0 Å². The quantitative estimate of drug-likeness (QED) is 0.798. The predicted octanol–water partition coefficient (Wildman–Crippen LogP) is 4.71. The Hall–Kier alpha value is -2.01. The Morgan fingerprint density at radius 1 is 1.14 bits per heavy atom. The van der Waals surface area contributed by atoms with Crippen molar-refractivity contribution in [2.45, 2.75) is 26.3 Å². The molecule has 0 aliphatic heterocycles. The number of rotatable bonds is 4. The molecule has 0 spiro atoms. The predicted molar refractivity (Wildman–Crippen MR) is 89.9 cm³/mol. The van der Waals surface area contributed by atoms with Gasteiger partial charge in [0.1, 0.15) is 11.6 Å². The summed E-state index contributed by atoms with van der Waals surface area (Å²) in [7, 11) is 0. The summed E-state index contributed by atoms with van der Waals surface area (Å²) >= 11 is 5.21. The third-order valence-corrected chi connectivity index (χ3v) is 3.59. The van der Waals surface area contributed by atoms with Crippen LogP contribution in [0.4, 0.5) is 14.5 Å². The Bertz CT molecular complexity index is 656. The van der Waals surface area contributed by atoms with Gasteiger partial charge in [-0.15, -0.1) is 0 Å². The molecule has 0 saturated carbocycles. The maximum absolute atomic E-state index is 13.6. The van der Waals surface area contributed by atoms with Gasteiger partial charge >= 0.3 is 0 Å². The van der Waals surface area contributed by atoms with Crippen LogP contribution in [0.25, 0.3) is 0 Å². The van der Waals surface area contributed by atoms with Crippen molar-refractivity contribution >= 4 is 23.0 Å². The highest BCUT2D eigenvalue weighted by Crippen LogP contribution is 2.19. The molecular formula is C17H18F2N2S. The first-order chi connectivity index (χ1) is 10.5. The molecule has 2 rings (SSSR count). The lowest BCUT2D eigenvalue weighted by molar-refractivity contribution is 0.585. The van der Waals surface area contributed by atoms with Crippen molar-refractivity contribution in [3.8, 4) is 0 Å². The summed E-state index contributed by atoms with van der Waals surface area (Å²) in [6.45, 7) is 4.07.